The third-order valence-corrected chi connectivity index (χ3v) is 3.97. The van der Waals surface area contributed by atoms with Gasteiger partial charge < -0.3 is 19.9 Å². The van der Waals surface area contributed by atoms with Crippen LogP contribution in [-0.4, -0.2) is 52.0 Å². The van der Waals surface area contributed by atoms with Gasteiger partial charge in [-0.2, -0.15) is 0 Å². The second-order valence-electron chi connectivity index (χ2n) is 5.01. The summed E-state index contributed by atoms with van der Waals surface area (Å²) in [5.41, 5.74) is 7.13. The lowest BCUT2D eigenvalue weighted by atomic mass is 10.0. The fourth-order valence-corrected chi connectivity index (χ4v) is 2.79. The van der Waals surface area contributed by atoms with Gasteiger partial charge in [0, 0.05) is 32.8 Å². The van der Waals surface area contributed by atoms with Crippen molar-refractivity contribution in [2.24, 2.45) is 5.73 Å². The Morgan fingerprint density at radius 3 is 2.55 bits per heavy atom. The molecule has 20 heavy (non-hydrogen) atoms. The zero-order valence-electron chi connectivity index (χ0n) is 12.5. The van der Waals surface area contributed by atoms with E-state index in [0.717, 1.165) is 36.6 Å². The van der Waals surface area contributed by atoms with Crippen LogP contribution in [0.25, 0.3) is 0 Å². The number of rotatable bonds is 6. The van der Waals surface area contributed by atoms with Gasteiger partial charge in [-0.3, -0.25) is 4.90 Å². The molecule has 1 saturated heterocycles. The van der Waals surface area contributed by atoms with E-state index in [1.807, 2.05) is 12.1 Å². The Morgan fingerprint density at radius 1 is 1.25 bits per heavy atom. The van der Waals surface area contributed by atoms with Gasteiger partial charge in [-0.05, 0) is 24.1 Å². The maximum atomic E-state index is 5.98. The molecule has 1 aromatic rings. The normalized spacial score (nSPS) is 20.9. The zero-order valence-corrected chi connectivity index (χ0v) is 12.5. The van der Waals surface area contributed by atoms with Crippen LogP contribution in [0.2, 0.25) is 0 Å². The molecule has 1 aromatic carbocycles. The third-order valence-electron chi connectivity index (χ3n) is 3.97. The first kappa shape index (κ1) is 15.1. The highest BCUT2D eigenvalue weighted by atomic mass is 16.5. The molecule has 0 bridgehead atoms. The summed E-state index contributed by atoms with van der Waals surface area (Å²) in [6.07, 6.45) is 1.37. The number of likely N-dealkylation sites (tertiary alicyclic amines) is 1. The van der Waals surface area contributed by atoms with Crippen LogP contribution in [0.1, 0.15) is 18.0 Å². The highest BCUT2D eigenvalue weighted by molar-refractivity contribution is 5.44. The molecule has 0 aliphatic carbocycles. The molecule has 0 aromatic heterocycles. The second kappa shape index (κ2) is 6.92. The van der Waals surface area contributed by atoms with Crippen LogP contribution < -0.4 is 15.2 Å². The number of hydrogen-bond donors (Lipinski definition) is 1. The van der Waals surface area contributed by atoms with Crippen molar-refractivity contribution in [1.82, 2.24) is 4.90 Å². The van der Waals surface area contributed by atoms with E-state index in [9.17, 15) is 0 Å². The Bertz CT molecular complexity index is 439. The van der Waals surface area contributed by atoms with E-state index >= 15 is 0 Å². The summed E-state index contributed by atoms with van der Waals surface area (Å²) in [6, 6.07) is 6.19. The van der Waals surface area contributed by atoms with Gasteiger partial charge in [0.25, 0.3) is 0 Å². The van der Waals surface area contributed by atoms with Crippen molar-refractivity contribution in [3.05, 3.63) is 23.8 Å². The molecule has 0 spiro atoms. The minimum absolute atomic E-state index is 0.190. The van der Waals surface area contributed by atoms with E-state index in [-0.39, 0.29) is 6.04 Å². The summed E-state index contributed by atoms with van der Waals surface area (Å²) in [7, 11) is 5.06. The van der Waals surface area contributed by atoms with Crippen LogP contribution in [0.15, 0.2) is 18.2 Å². The van der Waals surface area contributed by atoms with Crippen LogP contribution in [0.5, 0.6) is 11.5 Å². The summed E-state index contributed by atoms with van der Waals surface area (Å²) in [4.78, 5) is 2.37. The molecule has 2 atom stereocenters. The standard InChI is InChI=1S/C15H24N2O3/c1-18-12-6-7-17(10-12)13(9-16)11-4-5-14(19-2)15(8-11)20-3/h4-5,8,12-13H,6-7,9-10,16H2,1-3H3. The first-order chi connectivity index (χ1) is 9.73. The summed E-state index contributed by atoms with van der Waals surface area (Å²) in [6.45, 7) is 2.51. The second-order valence-corrected chi connectivity index (χ2v) is 5.01. The summed E-state index contributed by atoms with van der Waals surface area (Å²) in [5.74, 6) is 1.48. The van der Waals surface area contributed by atoms with E-state index in [4.69, 9.17) is 19.9 Å². The number of nitrogens with zero attached hydrogens (tertiary/aromatic N) is 1. The van der Waals surface area contributed by atoms with Crippen LogP contribution in [0.3, 0.4) is 0 Å². The van der Waals surface area contributed by atoms with Gasteiger partial charge >= 0.3 is 0 Å². The van der Waals surface area contributed by atoms with Crippen molar-refractivity contribution in [3.8, 4) is 11.5 Å². The number of hydrogen-bond acceptors (Lipinski definition) is 5. The minimum atomic E-state index is 0.190. The molecule has 112 valence electrons. The van der Waals surface area contributed by atoms with Crippen LogP contribution in [-0.2, 0) is 4.74 Å². The van der Waals surface area contributed by atoms with Gasteiger partial charge in [0.1, 0.15) is 0 Å². The average molecular weight is 280 g/mol. The SMILES string of the molecule is COc1ccc(C(CN)N2CCC(OC)C2)cc1OC. The molecule has 1 aliphatic heterocycles. The molecule has 1 aliphatic rings. The highest BCUT2D eigenvalue weighted by Crippen LogP contribution is 2.33. The molecular formula is C15H24N2O3. The predicted molar refractivity (Wildman–Crippen MR) is 78.3 cm³/mol. The van der Waals surface area contributed by atoms with E-state index in [1.54, 1.807) is 21.3 Å². The first-order valence-corrected chi connectivity index (χ1v) is 6.92. The Balaban J connectivity index is 2.19. The Hall–Kier alpha value is -1.30. The molecule has 2 rings (SSSR count). The largest absolute Gasteiger partial charge is 0.493 e. The van der Waals surface area contributed by atoms with Gasteiger partial charge in [-0.25, -0.2) is 0 Å². The topological polar surface area (TPSA) is 57.0 Å². The first-order valence-electron chi connectivity index (χ1n) is 6.92. The molecule has 2 N–H and O–H groups in total. The predicted octanol–water partition coefficient (Wildman–Crippen LogP) is 1.42. The van der Waals surface area contributed by atoms with E-state index in [0.29, 0.717) is 12.6 Å². The zero-order chi connectivity index (χ0) is 14.5. The molecular weight excluding hydrogens is 256 g/mol. The van der Waals surface area contributed by atoms with E-state index in [2.05, 4.69) is 11.0 Å². The van der Waals surface area contributed by atoms with E-state index < -0.39 is 0 Å². The Labute approximate surface area is 120 Å². The smallest absolute Gasteiger partial charge is 0.161 e. The summed E-state index contributed by atoms with van der Waals surface area (Å²) < 4.78 is 16.1. The molecule has 0 radical (unpaired) electrons. The molecule has 1 heterocycles. The lowest BCUT2D eigenvalue weighted by Gasteiger charge is -2.27. The molecule has 0 amide bonds. The molecule has 5 heteroatoms. The van der Waals surface area contributed by atoms with Crippen molar-refractivity contribution in [2.45, 2.75) is 18.6 Å². The summed E-state index contributed by atoms with van der Waals surface area (Å²) in [5, 5.41) is 0. The van der Waals surface area contributed by atoms with Crippen molar-refractivity contribution in [3.63, 3.8) is 0 Å². The molecule has 2 unspecified atom stereocenters. The Morgan fingerprint density at radius 2 is 2.00 bits per heavy atom. The quantitative estimate of drug-likeness (QED) is 0.854. The number of nitrogens with two attached hydrogens (primary N) is 1. The molecule has 1 fully saturated rings. The molecule has 0 saturated carbocycles. The van der Waals surface area contributed by atoms with Gasteiger partial charge in [0.05, 0.1) is 20.3 Å². The molecule has 5 nitrogen and oxygen atoms in total. The van der Waals surface area contributed by atoms with Crippen molar-refractivity contribution < 1.29 is 14.2 Å². The lowest BCUT2D eigenvalue weighted by molar-refractivity contribution is 0.101. The van der Waals surface area contributed by atoms with Gasteiger partial charge in [-0.15, -0.1) is 0 Å². The van der Waals surface area contributed by atoms with Crippen LogP contribution >= 0.6 is 0 Å². The van der Waals surface area contributed by atoms with Gasteiger partial charge in [0.2, 0.25) is 0 Å². The summed E-state index contributed by atoms with van der Waals surface area (Å²) >= 11 is 0. The third kappa shape index (κ3) is 3.06. The number of ether oxygens (including phenoxy) is 3. The average Bonchev–Trinajstić information content (AvgIpc) is 2.96. The van der Waals surface area contributed by atoms with Gasteiger partial charge in [0.15, 0.2) is 11.5 Å². The van der Waals surface area contributed by atoms with Crippen molar-refractivity contribution in [1.29, 1.82) is 0 Å². The lowest BCUT2D eigenvalue weighted by Crippen LogP contribution is -2.33. The van der Waals surface area contributed by atoms with E-state index in [1.165, 1.54) is 0 Å². The minimum Gasteiger partial charge on any atom is -0.493 e. The monoisotopic (exact) mass is 280 g/mol. The van der Waals surface area contributed by atoms with Crippen molar-refractivity contribution in [2.75, 3.05) is 41.0 Å². The number of methoxy groups -OCH3 is 3. The van der Waals surface area contributed by atoms with Crippen LogP contribution in [0, 0.1) is 0 Å². The Kier molecular flexibility index (Phi) is 5.23. The van der Waals surface area contributed by atoms with Crippen LogP contribution in [0.4, 0.5) is 0 Å². The maximum absolute atomic E-state index is 5.98. The fourth-order valence-electron chi connectivity index (χ4n) is 2.79. The number of benzene rings is 1. The highest BCUT2D eigenvalue weighted by Gasteiger charge is 2.28. The van der Waals surface area contributed by atoms with Crippen molar-refractivity contribution >= 4 is 0 Å². The van der Waals surface area contributed by atoms with Gasteiger partial charge in [-0.1, -0.05) is 6.07 Å². The maximum Gasteiger partial charge on any atom is 0.161 e. The fraction of sp³-hybridized carbons (Fsp3) is 0.600.